The molecule has 0 spiro atoms. The summed E-state index contributed by atoms with van der Waals surface area (Å²) >= 11 is 0. The number of likely N-dealkylation sites (tertiary alicyclic amines) is 1. The molecule has 7 heteroatoms. The highest BCUT2D eigenvalue weighted by Crippen LogP contribution is 2.23. The first-order valence-electron chi connectivity index (χ1n) is 8.27. The average Bonchev–Trinajstić information content (AvgIpc) is 3.16. The minimum Gasteiger partial charge on any atom is -0.384 e. The molecule has 1 fully saturated rings. The lowest BCUT2D eigenvalue weighted by Gasteiger charge is -2.16. The number of nitrogens with zero attached hydrogens (tertiary/aromatic N) is 2. The van der Waals surface area contributed by atoms with E-state index in [0.717, 1.165) is 25.2 Å². The SMILES string of the molecule is Nc1c2c(cc(=O)n1-c1cccc(CN3CCCC3)c1)C(=O)NC2=O. The molecular formula is C18H18N4O3. The molecule has 0 atom stereocenters. The van der Waals surface area contributed by atoms with Gasteiger partial charge in [0.2, 0.25) is 0 Å². The Kier molecular flexibility index (Phi) is 3.65. The van der Waals surface area contributed by atoms with Crippen LogP contribution in [-0.2, 0) is 6.54 Å². The Morgan fingerprint density at radius 2 is 1.80 bits per heavy atom. The Balaban J connectivity index is 1.78. The van der Waals surface area contributed by atoms with Crippen LogP contribution in [0.4, 0.5) is 5.82 Å². The van der Waals surface area contributed by atoms with Crippen LogP contribution in [0.3, 0.4) is 0 Å². The highest BCUT2D eigenvalue weighted by molar-refractivity contribution is 6.23. The van der Waals surface area contributed by atoms with Gasteiger partial charge in [-0.15, -0.1) is 0 Å². The van der Waals surface area contributed by atoms with Crippen LogP contribution in [-0.4, -0.2) is 34.4 Å². The molecule has 128 valence electrons. The standard InChI is InChI=1S/C18H18N4O3/c19-16-15-13(17(24)20-18(15)25)9-14(23)22(16)12-5-3-4-11(8-12)10-21-6-1-2-7-21/h3-5,8-9H,1-2,6-7,10,19H2,(H,20,24,25). The molecule has 1 saturated heterocycles. The second kappa shape index (κ2) is 5.86. The van der Waals surface area contributed by atoms with E-state index >= 15 is 0 Å². The number of nitrogens with one attached hydrogen (secondary N) is 1. The molecular weight excluding hydrogens is 320 g/mol. The molecule has 0 saturated carbocycles. The predicted octanol–water partition coefficient (Wildman–Crippen LogP) is 0.899. The van der Waals surface area contributed by atoms with E-state index in [4.69, 9.17) is 5.73 Å². The van der Waals surface area contributed by atoms with Crippen LogP contribution in [0.2, 0.25) is 0 Å². The quantitative estimate of drug-likeness (QED) is 0.811. The zero-order valence-corrected chi connectivity index (χ0v) is 13.6. The number of amides is 2. The van der Waals surface area contributed by atoms with Gasteiger partial charge in [0.15, 0.2) is 0 Å². The van der Waals surface area contributed by atoms with Gasteiger partial charge < -0.3 is 5.73 Å². The van der Waals surface area contributed by atoms with E-state index < -0.39 is 17.4 Å². The molecule has 2 aliphatic heterocycles. The van der Waals surface area contributed by atoms with Gasteiger partial charge in [-0.05, 0) is 43.6 Å². The first-order chi connectivity index (χ1) is 12.0. The van der Waals surface area contributed by atoms with Crippen LogP contribution < -0.4 is 16.6 Å². The molecule has 2 aromatic rings. The second-order valence-electron chi connectivity index (χ2n) is 6.43. The fourth-order valence-corrected chi connectivity index (χ4v) is 3.54. The molecule has 1 aromatic carbocycles. The zero-order chi connectivity index (χ0) is 17.6. The lowest BCUT2D eigenvalue weighted by molar-refractivity contribution is 0.0880. The minimum absolute atomic E-state index is 0.0100. The van der Waals surface area contributed by atoms with Gasteiger partial charge in [0, 0.05) is 12.6 Å². The number of nitrogens with two attached hydrogens (primary N) is 1. The third kappa shape index (κ3) is 2.62. The van der Waals surface area contributed by atoms with Crippen LogP contribution in [0, 0.1) is 0 Å². The van der Waals surface area contributed by atoms with E-state index in [1.807, 2.05) is 18.2 Å². The predicted molar refractivity (Wildman–Crippen MR) is 92.8 cm³/mol. The number of carbonyl (C=O) groups excluding carboxylic acids is 2. The largest absolute Gasteiger partial charge is 0.384 e. The smallest absolute Gasteiger partial charge is 0.262 e. The van der Waals surface area contributed by atoms with Crippen LogP contribution in [0.25, 0.3) is 5.69 Å². The van der Waals surface area contributed by atoms with Gasteiger partial charge in [-0.1, -0.05) is 12.1 Å². The van der Waals surface area contributed by atoms with Gasteiger partial charge in [-0.3, -0.25) is 29.2 Å². The highest BCUT2D eigenvalue weighted by atomic mass is 16.2. The van der Waals surface area contributed by atoms with Crippen LogP contribution >= 0.6 is 0 Å². The number of hydrogen-bond donors (Lipinski definition) is 2. The first kappa shape index (κ1) is 15.6. The topological polar surface area (TPSA) is 97.4 Å². The molecule has 7 nitrogen and oxygen atoms in total. The molecule has 1 aromatic heterocycles. The fraction of sp³-hybridized carbons (Fsp3) is 0.278. The van der Waals surface area contributed by atoms with Crippen molar-refractivity contribution in [1.82, 2.24) is 14.8 Å². The van der Waals surface area contributed by atoms with Crippen LogP contribution in [0.15, 0.2) is 35.1 Å². The Bertz CT molecular complexity index is 942. The number of hydrogen-bond acceptors (Lipinski definition) is 5. The third-order valence-electron chi connectivity index (χ3n) is 4.73. The lowest BCUT2D eigenvalue weighted by atomic mass is 10.1. The zero-order valence-electron chi connectivity index (χ0n) is 13.6. The summed E-state index contributed by atoms with van der Waals surface area (Å²) in [6.45, 7) is 2.97. The molecule has 3 N–H and O–H groups in total. The molecule has 3 heterocycles. The van der Waals surface area contributed by atoms with Gasteiger partial charge in [0.05, 0.1) is 16.8 Å². The van der Waals surface area contributed by atoms with Gasteiger partial charge >= 0.3 is 0 Å². The number of benzene rings is 1. The van der Waals surface area contributed by atoms with E-state index in [1.165, 1.54) is 23.5 Å². The molecule has 2 amide bonds. The fourth-order valence-electron chi connectivity index (χ4n) is 3.54. The van der Waals surface area contributed by atoms with E-state index in [0.29, 0.717) is 5.69 Å². The Morgan fingerprint density at radius 1 is 1.04 bits per heavy atom. The average molecular weight is 338 g/mol. The lowest BCUT2D eigenvalue weighted by Crippen LogP contribution is -2.24. The molecule has 4 rings (SSSR count). The van der Waals surface area contributed by atoms with E-state index in [9.17, 15) is 14.4 Å². The summed E-state index contributed by atoms with van der Waals surface area (Å²) in [5.74, 6) is -1.16. The van der Waals surface area contributed by atoms with Gasteiger partial charge in [0.25, 0.3) is 17.4 Å². The van der Waals surface area contributed by atoms with Crippen molar-refractivity contribution in [3.05, 3.63) is 57.4 Å². The molecule has 0 aliphatic carbocycles. The molecule has 0 unspecified atom stereocenters. The Hall–Kier alpha value is -2.93. The van der Waals surface area contributed by atoms with Gasteiger partial charge in [-0.2, -0.15) is 0 Å². The van der Waals surface area contributed by atoms with Crippen molar-refractivity contribution in [1.29, 1.82) is 0 Å². The van der Waals surface area contributed by atoms with Crippen molar-refractivity contribution in [2.45, 2.75) is 19.4 Å². The van der Waals surface area contributed by atoms with E-state index in [-0.39, 0.29) is 16.9 Å². The number of anilines is 1. The third-order valence-corrected chi connectivity index (χ3v) is 4.73. The summed E-state index contributed by atoms with van der Waals surface area (Å²) in [6, 6.07) is 8.71. The number of fused-ring (bicyclic) bond motifs is 1. The van der Waals surface area contributed by atoms with Crippen molar-refractivity contribution in [3.8, 4) is 5.69 Å². The van der Waals surface area contributed by atoms with Crippen LogP contribution in [0.5, 0.6) is 0 Å². The maximum Gasteiger partial charge on any atom is 0.262 e. The Morgan fingerprint density at radius 3 is 2.56 bits per heavy atom. The summed E-state index contributed by atoms with van der Waals surface area (Å²) in [7, 11) is 0. The number of nitrogen functional groups attached to an aromatic ring is 1. The summed E-state index contributed by atoms with van der Waals surface area (Å²) in [6.07, 6.45) is 2.42. The van der Waals surface area contributed by atoms with Gasteiger partial charge in [-0.25, -0.2) is 0 Å². The second-order valence-corrected chi connectivity index (χ2v) is 6.43. The maximum absolute atomic E-state index is 12.5. The first-order valence-corrected chi connectivity index (χ1v) is 8.27. The van der Waals surface area contributed by atoms with Crippen molar-refractivity contribution in [2.75, 3.05) is 18.8 Å². The van der Waals surface area contributed by atoms with Gasteiger partial charge in [0.1, 0.15) is 5.82 Å². The summed E-state index contributed by atoms with van der Waals surface area (Å²) in [4.78, 5) is 38.5. The Labute approximate surface area is 144 Å². The monoisotopic (exact) mass is 338 g/mol. The minimum atomic E-state index is -0.585. The number of carbonyl (C=O) groups is 2. The van der Waals surface area contributed by atoms with Crippen molar-refractivity contribution >= 4 is 17.6 Å². The van der Waals surface area contributed by atoms with Crippen molar-refractivity contribution in [2.24, 2.45) is 0 Å². The maximum atomic E-state index is 12.5. The number of pyridine rings is 1. The normalized spacial score (nSPS) is 17.0. The van der Waals surface area contributed by atoms with E-state index in [1.54, 1.807) is 6.07 Å². The van der Waals surface area contributed by atoms with Crippen molar-refractivity contribution < 1.29 is 9.59 Å². The van der Waals surface area contributed by atoms with Crippen molar-refractivity contribution in [3.63, 3.8) is 0 Å². The highest BCUT2D eigenvalue weighted by Gasteiger charge is 2.31. The molecule has 0 bridgehead atoms. The van der Waals surface area contributed by atoms with Crippen LogP contribution in [0.1, 0.15) is 39.1 Å². The number of imide groups is 1. The summed E-state index contributed by atoms with van der Waals surface area (Å²) in [5.41, 5.74) is 7.41. The van der Waals surface area contributed by atoms with E-state index in [2.05, 4.69) is 10.2 Å². The molecule has 25 heavy (non-hydrogen) atoms. The summed E-state index contributed by atoms with van der Waals surface area (Å²) < 4.78 is 1.28. The number of rotatable bonds is 3. The molecule has 0 radical (unpaired) electrons. The number of aromatic nitrogens is 1. The molecule has 2 aliphatic rings. The summed E-state index contributed by atoms with van der Waals surface area (Å²) in [5, 5.41) is 2.17.